The van der Waals surface area contributed by atoms with Crippen LogP contribution in [0.2, 0.25) is 18.1 Å². The predicted molar refractivity (Wildman–Crippen MR) is 113 cm³/mol. The molecule has 2 heterocycles. The quantitative estimate of drug-likeness (QED) is 0.213. The van der Waals surface area contributed by atoms with Gasteiger partial charge in [0.2, 0.25) is 5.88 Å². The molecule has 0 aliphatic carbocycles. The van der Waals surface area contributed by atoms with Crippen LogP contribution in [0, 0.1) is 17.0 Å². The number of alkyl halides is 3. The van der Waals surface area contributed by atoms with Gasteiger partial charge < -0.3 is 13.9 Å². The highest BCUT2D eigenvalue weighted by Crippen LogP contribution is 2.37. The number of hydrogen-bond donors (Lipinski definition) is 0. The maximum absolute atomic E-state index is 12.7. The van der Waals surface area contributed by atoms with Crippen LogP contribution in [-0.4, -0.2) is 47.6 Å². The number of aromatic nitrogens is 3. The van der Waals surface area contributed by atoms with Crippen molar-refractivity contribution in [3.05, 3.63) is 34.1 Å². The number of ether oxygens (including phenoxy) is 2. The molecule has 2 aromatic rings. The summed E-state index contributed by atoms with van der Waals surface area (Å²) < 4.78 is 54.6. The molecule has 0 N–H and O–H groups in total. The number of rotatable bonds is 9. The van der Waals surface area contributed by atoms with Crippen LogP contribution in [0.25, 0.3) is 5.69 Å². The van der Waals surface area contributed by atoms with E-state index in [0.29, 0.717) is 13.0 Å². The standard InChI is InChI=1S/C19H27F3N4O5Si/c1-13-15(26(27)28)17(29-11-8-12-30-32(5,6)18(2,3)4)24-25(13)14-9-7-10-23-16(14)31-19(20,21)22/h7,9-10H,8,11-12H2,1-6H3. The van der Waals surface area contributed by atoms with Gasteiger partial charge in [0, 0.05) is 19.2 Å². The zero-order valence-electron chi connectivity index (χ0n) is 18.8. The molecule has 0 aliphatic heterocycles. The third-order valence-corrected chi connectivity index (χ3v) is 9.76. The van der Waals surface area contributed by atoms with Crippen LogP contribution < -0.4 is 9.47 Å². The van der Waals surface area contributed by atoms with Gasteiger partial charge in [0.05, 0.1) is 11.5 Å². The molecule has 0 spiro atoms. The summed E-state index contributed by atoms with van der Waals surface area (Å²) in [6, 6.07) is 2.62. The Bertz CT molecular complexity index is 957. The predicted octanol–water partition coefficient (Wildman–Crippen LogP) is 5.17. The average molecular weight is 477 g/mol. The second-order valence-corrected chi connectivity index (χ2v) is 13.4. The van der Waals surface area contributed by atoms with Crippen molar-refractivity contribution in [2.45, 2.75) is 58.6 Å². The second kappa shape index (κ2) is 9.44. The maximum Gasteiger partial charge on any atom is 0.574 e. The number of pyridine rings is 1. The second-order valence-electron chi connectivity index (χ2n) is 8.59. The molecular weight excluding hydrogens is 449 g/mol. The van der Waals surface area contributed by atoms with Crippen molar-refractivity contribution < 1.29 is 32.0 Å². The van der Waals surface area contributed by atoms with Crippen LogP contribution in [0.1, 0.15) is 32.9 Å². The Labute approximate surface area is 184 Å². The monoisotopic (exact) mass is 476 g/mol. The molecule has 9 nitrogen and oxygen atoms in total. The number of halogens is 3. The molecule has 0 saturated heterocycles. The number of nitro groups is 1. The van der Waals surface area contributed by atoms with Crippen molar-refractivity contribution >= 4 is 14.0 Å². The zero-order valence-corrected chi connectivity index (χ0v) is 19.8. The van der Waals surface area contributed by atoms with Gasteiger partial charge in [-0.1, -0.05) is 20.8 Å². The molecule has 32 heavy (non-hydrogen) atoms. The van der Waals surface area contributed by atoms with E-state index in [2.05, 4.69) is 48.7 Å². The van der Waals surface area contributed by atoms with Crippen molar-refractivity contribution in [1.82, 2.24) is 14.8 Å². The van der Waals surface area contributed by atoms with Gasteiger partial charge in [0.25, 0.3) is 0 Å². The third kappa shape index (κ3) is 6.19. The van der Waals surface area contributed by atoms with Crippen molar-refractivity contribution in [2.24, 2.45) is 0 Å². The molecule has 0 amide bonds. The Kier molecular flexibility index (Phi) is 7.55. The molecule has 0 aromatic carbocycles. The van der Waals surface area contributed by atoms with Crippen molar-refractivity contribution in [3.63, 3.8) is 0 Å². The third-order valence-electron chi connectivity index (χ3n) is 5.22. The van der Waals surface area contributed by atoms with E-state index in [4.69, 9.17) is 9.16 Å². The van der Waals surface area contributed by atoms with Gasteiger partial charge >= 0.3 is 17.9 Å². The first kappa shape index (κ1) is 25.6. The van der Waals surface area contributed by atoms with E-state index in [9.17, 15) is 23.3 Å². The first-order chi connectivity index (χ1) is 14.6. The van der Waals surface area contributed by atoms with Crippen LogP contribution in [0.4, 0.5) is 18.9 Å². The highest BCUT2D eigenvalue weighted by Gasteiger charge is 2.37. The van der Waals surface area contributed by atoms with Crippen LogP contribution >= 0.6 is 0 Å². The van der Waals surface area contributed by atoms with Crippen molar-refractivity contribution in [3.8, 4) is 17.4 Å². The van der Waals surface area contributed by atoms with Crippen LogP contribution in [0.5, 0.6) is 11.8 Å². The largest absolute Gasteiger partial charge is 0.574 e. The van der Waals surface area contributed by atoms with E-state index < -0.39 is 31.2 Å². The average Bonchev–Trinajstić information content (AvgIpc) is 2.96. The minimum Gasteiger partial charge on any atom is -0.472 e. The van der Waals surface area contributed by atoms with Crippen LogP contribution in [-0.2, 0) is 4.43 Å². The molecule has 13 heteroatoms. The van der Waals surface area contributed by atoms with Gasteiger partial charge in [-0.25, -0.2) is 9.67 Å². The Morgan fingerprint density at radius 3 is 2.41 bits per heavy atom. The van der Waals surface area contributed by atoms with Crippen molar-refractivity contribution in [1.29, 1.82) is 0 Å². The SMILES string of the molecule is Cc1c([N+](=O)[O-])c(OCCCO[Si](C)(C)C(C)(C)C)nn1-c1cccnc1OC(F)(F)F. The molecular formula is C19H27F3N4O5Si. The lowest BCUT2D eigenvalue weighted by molar-refractivity contribution is -0.386. The maximum atomic E-state index is 12.7. The topological polar surface area (TPSA) is 102 Å². The summed E-state index contributed by atoms with van der Waals surface area (Å²) in [6.45, 7) is 12.4. The first-order valence-electron chi connectivity index (χ1n) is 9.86. The van der Waals surface area contributed by atoms with Gasteiger partial charge in [-0.2, -0.15) is 0 Å². The van der Waals surface area contributed by atoms with Gasteiger partial charge in [-0.3, -0.25) is 10.1 Å². The summed E-state index contributed by atoms with van der Waals surface area (Å²) >= 11 is 0. The summed E-state index contributed by atoms with van der Waals surface area (Å²) in [6.07, 6.45) is -3.41. The highest BCUT2D eigenvalue weighted by atomic mass is 28.4. The lowest BCUT2D eigenvalue weighted by Gasteiger charge is -2.36. The van der Waals surface area contributed by atoms with Crippen molar-refractivity contribution in [2.75, 3.05) is 13.2 Å². The summed E-state index contributed by atoms with van der Waals surface area (Å²) in [5.74, 6) is -1.09. The molecule has 0 radical (unpaired) electrons. The molecule has 0 aliphatic rings. The highest BCUT2D eigenvalue weighted by molar-refractivity contribution is 6.74. The zero-order chi connectivity index (χ0) is 24.3. The van der Waals surface area contributed by atoms with E-state index >= 15 is 0 Å². The van der Waals surface area contributed by atoms with Gasteiger partial charge in [0.1, 0.15) is 11.4 Å². The minimum absolute atomic E-state index is 0.0254. The van der Waals surface area contributed by atoms with Gasteiger partial charge in [-0.05, 0) is 37.2 Å². The van der Waals surface area contributed by atoms with E-state index in [1.54, 1.807) is 0 Å². The summed E-state index contributed by atoms with van der Waals surface area (Å²) in [7, 11) is -1.93. The Hall–Kier alpha value is -2.67. The lowest BCUT2D eigenvalue weighted by atomic mass is 10.2. The van der Waals surface area contributed by atoms with E-state index in [-0.39, 0.29) is 28.9 Å². The fourth-order valence-electron chi connectivity index (χ4n) is 2.51. The Morgan fingerprint density at radius 2 is 1.84 bits per heavy atom. The molecule has 2 aromatic heterocycles. The number of nitrogens with zero attached hydrogens (tertiary/aromatic N) is 4. The molecule has 178 valence electrons. The first-order valence-corrected chi connectivity index (χ1v) is 12.8. The fourth-order valence-corrected chi connectivity index (χ4v) is 3.60. The summed E-state index contributed by atoms with van der Waals surface area (Å²) in [4.78, 5) is 14.4. The molecule has 0 saturated carbocycles. The summed E-state index contributed by atoms with van der Waals surface area (Å²) in [5, 5.41) is 15.6. The lowest BCUT2D eigenvalue weighted by Crippen LogP contribution is -2.41. The molecule has 0 bridgehead atoms. The molecule has 2 rings (SSSR count). The molecule has 0 unspecified atom stereocenters. The normalized spacial score (nSPS) is 12.7. The van der Waals surface area contributed by atoms with Gasteiger partial charge in [-0.15, -0.1) is 18.3 Å². The fraction of sp³-hybridized carbons (Fsp3) is 0.579. The van der Waals surface area contributed by atoms with Gasteiger partial charge in [0.15, 0.2) is 8.32 Å². The Morgan fingerprint density at radius 1 is 1.19 bits per heavy atom. The van der Waals surface area contributed by atoms with Crippen LogP contribution in [0.15, 0.2) is 18.3 Å². The Balaban J connectivity index is 2.20. The smallest absolute Gasteiger partial charge is 0.472 e. The minimum atomic E-state index is -4.99. The summed E-state index contributed by atoms with van der Waals surface area (Å²) in [5.41, 5.74) is -0.679. The van der Waals surface area contributed by atoms with Crippen LogP contribution in [0.3, 0.4) is 0 Å². The molecule has 0 fully saturated rings. The molecule has 0 atom stereocenters. The van der Waals surface area contributed by atoms with E-state index in [0.717, 1.165) is 10.9 Å². The van der Waals surface area contributed by atoms with E-state index in [1.165, 1.54) is 19.1 Å². The van der Waals surface area contributed by atoms with E-state index in [1.807, 2.05) is 0 Å². The number of hydrogen-bond acceptors (Lipinski definition) is 7.